The lowest BCUT2D eigenvalue weighted by molar-refractivity contribution is 0.670. The third kappa shape index (κ3) is 3.65. The van der Waals surface area contributed by atoms with Crippen LogP contribution in [0.5, 0.6) is 0 Å². The highest BCUT2D eigenvalue weighted by Crippen LogP contribution is 2.46. The minimum Gasteiger partial charge on any atom is -0.455 e. The van der Waals surface area contributed by atoms with Crippen LogP contribution in [0, 0.1) is 0 Å². The predicted molar refractivity (Wildman–Crippen MR) is 183 cm³/mol. The normalized spacial score (nSPS) is 15.3. The SMILES string of the molecule is [2H]c1cc2c(-c3ccc(-c4cccc5ccccc45)cc3)c3cc([2H])c([2H])cc3c(-c3c([2H])c([2H])c([2H])c4c3oc3c([2H])c([2H])c([2H])c([2H])c34)c2cc1[2H]. The highest BCUT2D eigenvalue weighted by atomic mass is 16.3. The molecule has 0 radical (unpaired) electrons. The lowest BCUT2D eigenvalue weighted by Gasteiger charge is -2.18. The maximum atomic E-state index is 9.24. The Bertz CT molecular complexity index is 3040. The Morgan fingerprint density at radius 2 is 1.02 bits per heavy atom. The number of hydrogen-bond acceptors (Lipinski definition) is 1. The van der Waals surface area contributed by atoms with E-state index in [1.165, 1.54) is 12.1 Å². The van der Waals surface area contributed by atoms with Gasteiger partial charge in [0.2, 0.25) is 0 Å². The molecule has 0 saturated carbocycles. The van der Waals surface area contributed by atoms with Crippen molar-refractivity contribution in [1.29, 1.82) is 0 Å². The molecule has 0 aliphatic heterocycles. The fourth-order valence-electron chi connectivity index (χ4n) is 6.26. The van der Waals surface area contributed by atoms with Crippen molar-refractivity contribution in [2.45, 2.75) is 0 Å². The Labute approximate surface area is 264 Å². The summed E-state index contributed by atoms with van der Waals surface area (Å²) in [5.41, 5.74) is 3.32. The molecule has 1 aromatic heterocycles. The lowest BCUT2D eigenvalue weighted by Crippen LogP contribution is -1.91. The van der Waals surface area contributed by atoms with Crippen molar-refractivity contribution in [3.05, 3.63) is 157 Å². The van der Waals surface area contributed by atoms with E-state index in [2.05, 4.69) is 24.3 Å². The number of para-hydroxylation sites is 2. The summed E-state index contributed by atoms with van der Waals surface area (Å²) in [5, 5.41) is 3.84. The lowest BCUT2D eigenvalue weighted by atomic mass is 9.85. The van der Waals surface area contributed by atoms with E-state index in [0.29, 0.717) is 27.1 Å². The highest BCUT2D eigenvalue weighted by molar-refractivity contribution is 6.24. The average molecular weight is 558 g/mol. The van der Waals surface area contributed by atoms with Gasteiger partial charge in [0.1, 0.15) is 11.2 Å². The van der Waals surface area contributed by atoms with Gasteiger partial charge in [-0.2, -0.15) is 0 Å². The third-order valence-corrected chi connectivity index (χ3v) is 8.15. The van der Waals surface area contributed by atoms with Gasteiger partial charge in [-0.05, 0) is 60.6 Å². The molecule has 0 fully saturated rings. The van der Waals surface area contributed by atoms with E-state index < -0.39 is 42.3 Å². The van der Waals surface area contributed by atoms with Crippen molar-refractivity contribution in [3.8, 4) is 33.4 Å². The van der Waals surface area contributed by atoms with Crippen LogP contribution in [0.2, 0.25) is 0 Å². The summed E-state index contributed by atoms with van der Waals surface area (Å²) in [6.07, 6.45) is 0. The molecule has 1 heteroatoms. The highest BCUT2D eigenvalue weighted by Gasteiger charge is 2.20. The van der Waals surface area contributed by atoms with Gasteiger partial charge in [-0.15, -0.1) is 0 Å². The first-order chi connectivity index (χ1) is 25.9. The van der Waals surface area contributed by atoms with Crippen LogP contribution in [-0.2, 0) is 0 Å². The van der Waals surface area contributed by atoms with Gasteiger partial charge in [-0.3, -0.25) is 0 Å². The smallest absolute Gasteiger partial charge is 0.143 e. The molecule has 0 unspecified atom stereocenters. The molecular formula is C42H26O. The van der Waals surface area contributed by atoms with Gasteiger partial charge in [-0.1, -0.05) is 151 Å². The van der Waals surface area contributed by atoms with E-state index in [0.717, 1.165) is 27.5 Å². The molecule has 9 rings (SSSR count). The predicted octanol–water partition coefficient (Wildman–Crippen LogP) is 12.0. The fraction of sp³-hybridized carbons (Fsp3) is 0. The molecule has 200 valence electrons. The van der Waals surface area contributed by atoms with E-state index in [-0.39, 0.29) is 57.2 Å². The van der Waals surface area contributed by atoms with Crippen LogP contribution in [0.1, 0.15) is 15.1 Å². The van der Waals surface area contributed by atoms with E-state index in [1.54, 1.807) is 12.1 Å². The molecule has 8 aromatic carbocycles. The number of furan rings is 1. The zero-order chi connectivity index (χ0) is 37.9. The molecule has 0 bridgehead atoms. The van der Waals surface area contributed by atoms with Crippen molar-refractivity contribution >= 4 is 54.3 Å². The Balaban J connectivity index is 1.42. The van der Waals surface area contributed by atoms with Crippen molar-refractivity contribution in [3.63, 3.8) is 0 Å². The molecule has 9 aromatic rings. The molecule has 0 amide bonds. The zero-order valence-electron chi connectivity index (χ0n) is 33.6. The van der Waals surface area contributed by atoms with E-state index in [4.69, 9.17) is 18.1 Å². The van der Waals surface area contributed by atoms with Crippen LogP contribution in [0.4, 0.5) is 0 Å². The molecule has 1 nitrogen and oxygen atoms in total. The number of fused-ring (bicyclic) bond motifs is 6. The van der Waals surface area contributed by atoms with Crippen LogP contribution >= 0.6 is 0 Å². The fourth-order valence-corrected chi connectivity index (χ4v) is 6.26. The molecule has 1 heterocycles. The van der Waals surface area contributed by atoms with Crippen molar-refractivity contribution in [2.75, 3.05) is 0 Å². The number of hydrogen-bond donors (Lipinski definition) is 0. The maximum Gasteiger partial charge on any atom is 0.143 e. The summed E-state index contributed by atoms with van der Waals surface area (Å²) in [4.78, 5) is 0. The van der Waals surface area contributed by atoms with Crippen molar-refractivity contribution < 1.29 is 19.5 Å². The second-order valence-corrected chi connectivity index (χ2v) is 10.4. The molecule has 0 aliphatic carbocycles. The Morgan fingerprint density at radius 1 is 0.395 bits per heavy atom. The van der Waals surface area contributed by atoms with E-state index >= 15 is 0 Å². The monoisotopic (exact) mass is 557 g/mol. The van der Waals surface area contributed by atoms with Crippen molar-refractivity contribution in [2.24, 2.45) is 0 Å². The maximum absolute atomic E-state index is 9.24. The van der Waals surface area contributed by atoms with E-state index in [9.17, 15) is 1.37 Å². The van der Waals surface area contributed by atoms with Crippen LogP contribution in [0.15, 0.2) is 162 Å². The summed E-state index contributed by atoms with van der Waals surface area (Å²) in [7, 11) is 0. The van der Waals surface area contributed by atoms with Crippen LogP contribution in [-0.4, -0.2) is 0 Å². The molecule has 0 saturated heterocycles. The number of rotatable bonds is 3. The summed E-state index contributed by atoms with van der Waals surface area (Å²) in [5.74, 6) is 0. The topological polar surface area (TPSA) is 13.1 Å². The van der Waals surface area contributed by atoms with Gasteiger partial charge in [0.25, 0.3) is 0 Å². The van der Waals surface area contributed by atoms with Crippen LogP contribution in [0.25, 0.3) is 87.6 Å². The van der Waals surface area contributed by atoms with Gasteiger partial charge >= 0.3 is 0 Å². The van der Waals surface area contributed by atoms with Gasteiger partial charge < -0.3 is 4.42 Å². The summed E-state index contributed by atoms with van der Waals surface area (Å²) in [6, 6.07) is 24.5. The molecule has 0 spiro atoms. The van der Waals surface area contributed by atoms with Crippen LogP contribution < -0.4 is 0 Å². The minimum absolute atomic E-state index is 0.00109. The molecule has 0 atom stereocenters. The Hall–Kier alpha value is -5.66. The molecular weight excluding hydrogens is 520 g/mol. The zero-order valence-corrected chi connectivity index (χ0v) is 22.6. The Kier molecular flexibility index (Phi) is 3.41. The minimum atomic E-state index is -0.535. The second-order valence-electron chi connectivity index (χ2n) is 10.4. The third-order valence-electron chi connectivity index (χ3n) is 8.15. The average Bonchev–Trinajstić information content (AvgIpc) is 3.57. The summed E-state index contributed by atoms with van der Waals surface area (Å²) < 4.78 is 102. The quantitative estimate of drug-likeness (QED) is 0.197. The summed E-state index contributed by atoms with van der Waals surface area (Å²) >= 11 is 0. The first kappa shape index (κ1) is 15.5. The first-order valence-corrected chi connectivity index (χ1v) is 13.9. The largest absolute Gasteiger partial charge is 0.455 e. The Morgan fingerprint density at radius 3 is 1.79 bits per heavy atom. The van der Waals surface area contributed by atoms with Gasteiger partial charge in [0.05, 0.1) is 15.1 Å². The molecule has 0 aliphatic rings. The standard InChI is InChI=1S/C42H26O/c1-2-13-30-27(11-1)12-9-19-31(30)28-23-25-29(26-24-28)40-33-15-3-5-17-35(33)41(36-18-6-4-16-34(36)40)38-21-10-20-37-32-14-7-8-22-39(32)43-42(37)38/h1-26H/i3D,4D,5D,6D,7D,8D,10D,14D,20D,21D,22D. The van der Waals surface area contributed by atoms with Gasteiger partial charge in [0.15, 0.2) is 0 Å². The summed E-state index contributed by atoms with van der Waals surface area (Å²) in [6.45, 7) is 0. The number of benzene rings is 8. The van der Waals surface area contributed by atoms with Gasteiger partial charge in [-0.25, -0.2) is 0 Å². The van der Waals surface area contributed by atoms with Gasteiger partial charge in [0, 0.05) is 21.9 Å². The molecule has 43 heavy (non-hydrogen) atoms. The molecule has 0 N–H and O–H groups in total. The second kappa shape index (κ2) is 9.44. The van der Waals surface area contributed by atoms with Crippen molar-refractivity contribution in [1.82, 2.24) is 0 Å². The van der Waals surface area contributed by atoms with E-state index in [1.807, 2.05) is 42.5 Å². The van der Waals surface area contributed by atoms with Crippen LogP contribution in [0.3, 0.4) is 0 Å². The first-order valence-electron chi connectivity index (χ1n) is 19.4.